The third kappa shape index (κ3) is 6.67. The quantitative estimate of drug-likeness (QED) is 0.259. The lowest BCUT2D eigenvalue weighted by Crippen LogP contribution is -2.17. The number of nitrogens with zero attached hydrogens (tertiary/aromatic N) is 5. The number of carbonyl (C=O) groups excluding carboxylic acids is 1. The molecule has 0 radical (unpaired) electrons. The highest BCUT2D eigenvalue weighted by Gasteiger charge is 2.17. The van der Waals surface area contributed by atoms with E-state index in [9.17, 15) is 17.6 Å². The Morgan fingerprint density at radius 1 is 0.976 bits per heavy atom. The molecule has 210 valence electrons. The van der Waals surface area contributed by atoms with Crippen LogP contribution in [-0.4, -0.2) is 47.1 Å². The molecular weight excluding hydrogens is 545 g/mol. The van der Waals surface area contributed by atoms with E-state index in [1.807, 2.05) is 37.2 Å². The van der Waals surface area contributed by atoms with Crippen molar-refractivity contribution in [1.29, 1.82) is 0 Å². The highest BCUT2D eigenvalue weighted by Crippen LogP contribution is 2.31. The number of anilines is 5. The number of amides is 1. The molecule has 1 amide bonds. The number of halogens is 1. The third-order valence-electron chi connectivity index (χ3n) is 6.40. The average molecular weight is 574 g/mol. The van der Waals surface area contributed by atoms with Crippen LogP contribution in [0.3, 0.4) is 0 Å². The molecule has 0 saturated carbocycles. The first-order valence-corrected chi connectivity index (χ1v) is 14.7. The molecule has 3 aromatic carbocycles. The fraction of sp³-hybridized carbons (Fsp3) is 0.172. The molecule has 0 aliphatic carbocycles. The number of sulfone groups is 1. The van der Waals surface area contributed by atoms with E-state index in [0.717, 1.165) is 16.9 Å². The summed E-state index contributed by atoms with van der Waals surface area (Å²) in [6.45, 7) is 0. The SMILES string of the molecule is CN(c1ccnc(Nc2ccc(CS(C)(=O)=O)cc2)n1)c1cccc2c1nc(NC(=O)Cc1ccc(F)cc1)n2C. The monoisotopic (exact) mass is 573 g/mol. The predicted molar refractivity (Wildman–Crippen MR) is 158 cm³/mol. The number of aryl methyl sites for hydroxylation is 1. The number of hydrogen-bond donors (Lipinski definition) is 2. The second-order valence-electron chi connectivity index (χ2n) is 9.68. The van der Waals surface area contributed by atoms with E-state index < -0.39 is 9.84 Å². The highest BCUT2D eigenvalue weighted by atomic mass is 32.2. The molecule has 0 saturated heterocycles. The summed E-state index contributed by atoms with van der Waals surface area (Å²) in [7, 11) is 0.566. The van der Waals surface area contributed by atoms with Gasteiger partial charge in [0.15, 0.2) is 9.84 Å². The number of hydrogen-bond acceptors (Lipinski definition) is 8. The molecule has 0 bridgehead atoms. The second-order valence-corrected chi connectivity index (χ2v) is 11.8. The summed E-state index contributed by atoms with van der Waals surface area (Å²) >= 11 is 0. The maximum absolute atomic E-state index is 13.2. The number of nitrogens with one attached hydrogen (secondary N) is 2. The molecule has 10 nitrogen and oxygen atoms in total. The van der Waals surface area contributed by atoms with Crippen molar-refractivity contribution >= 4 is 55.9 Å². The summed E-state index contributed by atoms with van der Waals surface area (Å²) in [6, 6.07) is 20.4. The van der Waals surface area contributed by atoms with E-state index in [0.29, 0.717) is 34.4 Å². The van der Waals surface area contributed by atoms with E-state index in [-0.39, 0.29) is 23.9 Å². The summed E-state index contributed by atoms with van der Waals surface area (Å²) in [5.74, 6) is 0.720. The topological polar surface area (TPSA) is 122 Å². The number of rotatable bonds is 9. The van der Waals surface area contributed by atoms with Crippen molar-refractivity contribution in [1.82, 2.24) is 19.5 Å². The maximum Gasteiger partial charge on any atom is 0.231 e. The summed E-state index contributed by atoms with van der Waals surface area (Å²) < 4.78 is 38.1. The van der Waals surface area contributed by atoms with Crippen LogP contribution in [0.15, 0.2) is 79.0 Å². The van der Waals surface area contributed by atoms with Gasteiger partial charge < -0.3 is 14.8 Å². The van der Waals surface area contributed by atoms with E-state index in [1.54, 1.807) is 53.2 Å². The van der Waals surface area contributed by atoms with Crippen LogP contribution in [0.1, 0.15) is 11.1 Å². The molecule has 5 rings (SSSR count). The Balaban J connectivity index is 1.34. The van der Waals surface area contributed by atoms with Gasteiger partial charge in [-0.1, -0.05) is 30.3 Å². The van der Waals surface area contributed by atoms with Gasteiger partial charge in [-0.15, -0.1) is 0 Å². The average Bonchev–Trinajstić information content (AvgIpc) is 3.25. The normalized spacial score (nSPS) is 11.4. The lowest BCUT2D eigenvalue weighted by atomic mass is 10.1. The van der Waals surface area contributed by atoms with Crippen LogP contribution in [0, 0.1) is 5.82 Å². The molecule has 0 fully saturated rings. The fourth-order valence-electron chi connectivity index (χ4n) is 4.37. The van der Waals surface area contributed by atoms with Crippen LogP contribution in [0.2, 0.25) is 0 Å². The predicted octanol–water partition coefficient (Wildman–Crippen LogP) is 4.74. The van der Waals surface area contributed by atoms with Crippen LogP contribution >= 0.6 is 0 Å². The standard InChI is InChI=1S/C29H28FN7O3S/c1-36(25-15-16-31-28(33-25)32-22-13-9-20(10-14-22)18-41(3,39)40)23-5-4-6-24-27(23)35-29(37(24)2)34-26(38)17-19-7-11-21(30)12-8-19/h4-16H,17-18H2,1-3H3,(H,31,32,33)(H,34,35,38). The van der Waals surface area contributed by atoms with E-state index >= 15 is 0 Å². The van der Waals surface area contributed by atoms with Gasteiger partial charge in [0.05, 0.1) is 23.4 Å². The van der Waals surface area contributed by atoms with Crippen LogP contribution in [0.4, 0.5) is 33.5 Å². The van der Waals surface area contributed by atoms with Crippen LogP contribution < -0.4 is 15.5 Å². The molecule has 2 N–H and O–H groups in total. The molecule has 0 aliphatic rings. The van der Waals surface area contributed by atoms with Crippen molar-refractivity contribution < 1.29 is 17.6 Å². The van der Waals surface area contributed by atoms with Gasteiger partial charge in [0.2, 0.25) is 17.8 Å². The van der Waals surface area contributed by atoms with Crippen LogP contribution in [0.5, 0.6) is 0 Å². The van der Waals surface area contributed by atoms with Crippen molar-refractivity contribution in [2.75, 3.05) is 28.8 Å². The van der Waals surface area contributed by atoms with Crippen molar-refractivity contribution in [3.63, 3.8) is 0 Å². The van der Waals surface area contributed by atoms with Crippen molar-refractivity contribution in [3.05, 3.63) is 95.9 Å². The molecule has 2 heterocycles. The number of para-hydroxylation sites is 1. The Hall–Kier alpha value is -4.84. The van der Waals surface area contributed by atoms with Gasteiger partial charge in [0.25, 0.3) is 0 Å². The first-order valence-electron chi connectivity index (χ1n) is 12.7. The van der Waals surface area contributed by atoms with Crippen molar-refractivity contribution in [2.24, 2.45) is 7.05 Å². The number of imidazole rings is 1. The molecule has 5 aromatic rings. The molecule has 41 heavy (non-hydrogen) atoms. The molecule has 0 atom stereocenters. The van der Waals surface area contributed by atoms with Gasteiger partial charge in [-0.2, -0.15) is 4.98 Å². The minimum Gasteiger partial charge on any atom is -0.327 e. The van der Waals surface area contributed by atoms with Crippen molar-refractivity contribution in [3.8, 4) is 0 Å². The van der Waals surface area contributed by atoms with Gasteiger partial charge >= 0.3 is 0 Å². The first kappa shape index (κ1) is 27.7. The largest absolute Gasteiger partial charge is 0.327 e. The Labute approximate surface area is 236 Å². The molecule has 0 aliphatic heterocycles. The summed E-state index contributed by atoms with van der Waals surface area (Å²) in [5, 5.41) is 6.00. The lowest BCUT2D eigenvalue weighted by molar-refractivity contribution is -0.115. The Bertz CT molecular complexity index is 1820. The van der Waals surface area contributed by atoms with Gasteiger partial charge in [-0.25, -0.2) is 22.8 Å². The zero-order valence-electron chi connectivity index (χ0n) is 22.7. The Morgan fingerprint density at radius 2 is 1.68 bits per heavy atom. The maximum atomic E-state index is 13.2. The Kier molecular flexibility index (Phi) is 7.66. The van der Waals surface area contributed by atoms with Gasteiger partial charge in [-0.05, 0) is 53.6 Å². The van der Waals surface area contributed by atoms with Crippen LogP contribution in [0.25, 0.3) is 11.0 Å². The molecular formula is C29H28FN7O3S. The molecule has 12 heteroatoms. The molecule has 0 spiro atoms. The molecule has 0 unspecified atom stereocenters. The van der Waals surface area contributed by atoms with Crippen molar-refractivity contribution in [2.45, 2.75) is 12.2 Å². The minimum atomic E-state index is -3.12. The smallest absolute Gasteiger partial charge is 0.231 e. The highest BCUT2D eigenvalue weighted by molar-refractivity contribution is 7.89. The summed E-state index contributed by atoms with van der Waals surface area (Å²) in [5.41, 5.74) is 4.36. The Morgan fingerprint density at radius 3 is 2.39 bits per heavy atom. The number of benzene rings is 3. The van der Waals surface area contributed by atoms with Gasteiger partial charge in [-0.3, -0.25) is 10.1 Å². The van der Waals surface area contributed by atoms with E-state index in [4.69, 9.17) is 4.98 Å². The van der Waals surface area contributed by atoms with Gasteiger partial charge in [0.1, 0.15) is 17.2 Å². The molecule has 2 aromatic heterocycles. The summed E-state index contributed by atoms with van der Waals surface area (Å²) in [6.07, 6.45) is 2.93. The first-order chi connectivity index (χ1) is 19.6. The van der Waals surface area contributed by atoms with E-state index in [2.05, 4.69) is 20.6 Å². The second kappa shape index (κ2) is 11.3. The number of carbonyl (C=O) groups is 1. The zero-order chi connectivity index (χ0) is 29.1. The van der Waals surface area contributed by atoms with Gasteiger partial charge in [0, 0.05) is 32.2 Å². The third-order valence-corrected chi connectivity index (χ3v) is 7.26. The fourth-order valence-corrected chi connectivity index (χ4v) is 5.17. The number of fused-ring (bicyclic) bond motifs is 1. The number of aromatic nitrogens is 4. The summed E-state index contributed by atoms with van der Waals surface area (Å²) in [4.78, 5) is 28.2. The minimum absolute atomic E-state index is 0.0250. The van der Waals surface area contributed by atoms with E-state index in [1.165, 1.54) is 18.4 Å². The lowest BCUT2D eigenvalue weighted by Gasteiger charge is -2.19. The van der Waals surface area contributed by atoms with Crippen LogP contribution in [-0.2, 0) is 33.9 Å². The zero-order valence-corrected chi connectivity index (χ0v) is 23.5.